The molecule has 2 aliphatic heterocycles. The molecule has 2 aliphatic rings. The van der Waals surface area contributed by atoms with Crippen LogP contribution in [0, 0.1) is 5.41 Å². The van der Waals surface area contributed by atoms with E-state index in [0.717, 1.165) is 5.57 Å². The monoisotopic (exact) mass is 211 g/mol. The van der Waals surface area contributed by atoms with Crippen LogP contribution in [0.5, 0.6) is 0 Å². The van der Waals surface area contributed by atoms with Crippen LogP contribution in [0.1, 0.15) is 20.8 Å². The quantitative estimate of drug-likeness (QED) is 0.653. The van der Waals surface area contributed by atoms with E-state index in [1.165, 1.54) is 0 Å². The first-order valence-corrected chi connectivity index (χ1v) is 5.18. The van der Waals surface area contributed by atoms with Crippen molar-refractivity contribution in [2.75, 3.05) is 19.8 Å². The molecule has 0 unspecified atom stereocenters. The minimum absolute atomic E-state index is 0.177. The van der Waals surface area contributed by atoms with E-state index < -0.39 is 11.0 Å². The summed E-state index contributed by atoms with van der Waals surface area (Å²) in [5.74, 6) is -0.177. The highest BCUT2D eigenvalue weighted by atomic mass is 16.6. The minimum atomic E-state index is -0.562. The molecule has 0 amide bonds. The SMILES string of the molecule is CC(C)(C)OC(=O)[C@]12CNC=C1COC2. The molecular weight excluding hydrogens is 194 g/mol. The molecule has 0 aliphatic carbocycles. The molecular formula is C11H17NO3. The molecule has 0 spiro atoms. The fourth-order valence-corrected chi connectivity index (χ4v) is 1.90. The van der Waals surface area contributed by atoms with E-state index >= 15 is 0 Å². The van der Waals surface area contributed by atoms with Crippen LogP contribution >= 0.6 is 0 Å². The van der Waals surface area contributed by atoms with Gasteiger partial charge in [0.1, 0.15) is 11.0 Å². The van der Waals surface area contributed by atoms with Crippen LogP contribution in [0.4, 0.5) is 0 Å². The van der Waals surface area contributed by atoms with Gasteiger partial charge in [0.25, 0.3) is 0 Å². The molecule has 2 heterocycles. The second-order valence-electron chi connectivity index (χ2n) is 5.13. The predicted molar refractivity (Wildman–Crippen MR) is 55.2 cm³/mol. The molecule has 0 aromatic carbocycles. The van der Waals surface area contributed by atoms with Crippen LogP contribution in [0.2, 0.25) is 0 Å². The number of ether oxygens (including phenoxy) is 2. The summed E-state index contributed by atoms with van der Waals surface area (Å²) in [4.78, 5) is 12.1. The second-order valence-corrected chi connectivity index (χ2v) is 5.13. The van der Waals surface area contributed by atoms with Crippen molar-refractivity contribution in [1.82, 2.24) is 5.32 Å². The van der Waals surface area contributed by atoms with Gasteiger partial charge in [-0.15, -0.1) is 0 Å². The zero-order valence-corrected chi connectivity index (χ0v) is 9.42. The molecule has 1 saturated heterocycles. The van der Waals surface area contributed by atoms with Crippen LogP contribution in [0.15, 0.2) is 11.8 Å². The molecule has 1 fully saturated rings. The van der Waals surface area contributed by atoms with Crippen molar-refractivity contribution in [1.29, 1.82) is 0 Å². The van der Waals surface area contributed by atoms with Gasteiger partial charge in [0.2, 0.25) is 0 Å². The summed E-state index contributed by atoms with van der Waals surface area (Å²) in [7, 11) is 0. The Bertz CT molecular complexity index is 316. The number of nitrogens with one attached hydrogen (secondary N) is 1. The lowest BCUT2D eigenvalue weighted by molar-refractivity contribution is -0.164. The van der Waals surface area contributed by atoms with Crippen molar-refractivity contribution in [2.24, 2.45) is 5.41 Å². The van der Waals surface area contributed by atoms with Gasteiger partial charge in [-0.2, -0.15) is 0 Å². The molecule has 1 N–H and O–H groups in total. The summed E-state index contributed by atoms with van der Waals surface area (Å²) < 4.78 is 10.8. The molecule has 15 heavy (non-hydrogen) atoms. The maximum atomic E-state index is 12.1. The summed E-state index contributed by atoms with van der Waals surface area (Å²) in [6.07, 6.45) is 1.87. The van der Waals surface area contributed by atoms with Gasteiger partial charge in [-0.3, -0.25) is 4.79 Å². The lowest BCUT2D eigenvalue weighted by Crippen LogP contribution is -2.42. The predicted octanol–water partition coefficient (Wildman–Crippen LogP) is 0.832. The van der Waals surface area contributed by atoms with E-state index in [2.05, 4.69) is 5.32 Å². The third-order valence-electron chi connectivity index (χ3n) is 2.69. The summed E-state index contributed by atoms with van der Waals surface area (Å²) in [5.41, 5.74) is 0.00632. The standard InChI is InChI=1S/C11H17NO3/c1-10(2,3)15-9(13)11-6-12-4-8(11)5-14-7-11/h4,12H,5-7H2,1-3H3/t11-/m0/s1. The molecule has 0 bridgehead atoms. The average Bonchev–Trinajstić information content (AvgIpc) is 2.55. The largest absolute Gasteiger partial charge is 0.459 e. The van der Waals surface area contributed by atoms with Gasteiger partial charge in [0.05, 0.1) is 13.2 Å². The Morgan fingerprint density at radius 1 is 1.60 bits per heavy atom. The molecule has 84 valence electrons. The smallest absolute Gasteiger partial charge is 0.321 e. The number of hydrogen-bond acceptors (Lipinski definition) is 4. The molecule has 4 nitrogen and oxygen atoms in total. The fourth-order valence-electron chi connectivity index (χ4n) is 1.90. The van der Waals surface area contributed by atoms with E-state index in [4.69, 9.17) is 9.47 Å². The van der Waals surface area contributed by atoms with Gasteiger partial charge in [-0.1, -0.05) is 0 Å². The Hall–Kier alpha value is -1.03. The van der Waals surface area contributed by atoms with Crippen LogP contribution in [-0.2, 0) is 14.3 Å². The highest BCUT2D eigenvalue weighted by Gasteiger charge is 2.51. The van der Waals surface area contributed by atoms with Gasteiger partial charge < -0.3 is 14.8 Å². The average molecular weight is 211 g/mol. The molecule has 0 radical (unpaired) electrons. The molecule has 0 aromatic rings. The number of rotatable bonds is 1. The molecule has 4 heteroatoms. The summed E-state index contributed by atoms with van der Waals surface area (Å²) in [6.45, 7) is 7.19. The van der Waals surface area contributed by atoms with Gasteiger partial charge in [0.15, 0.2) is 0 Å². The van der Waals surface area contributed by atoms with Gasteiger partial charge in [-0.05, 0) is 32.5 Å². The summed E-state index contributed by atoms with van der Waals surface area (Å²) >= 11 is 0. The van der Waals surface area contributed by atoms with Crippen molar-refractivity contribution >= 4 is 5.97 Å². The summed E-state index contributed by atoms with van der Waals surface area (Å²) in [5, 5.41) is 3.09. The van der Waals surface area contributed by atoms with E-state index in [1.807, 2.05) is 27.0 Å². The van der Waals surface area contributed by atoms with Crippen LogP contribution in [0.3, 0.4) is 0 Å². The van der Waals surface area contributed by atoms with Crippen molar-refractivity contribution in [3.8, 4) is 0 Å². The van der Waals surface area contributed by atoms with Crippen molar-refractivity contribution in [2.45, 2.75) is 26.4 Å². The second kappa shape index (κ2) is 3.23. The normalized spacial score (nSPS) is 29.4. The van der Waals surface area contributed by atoms with Gasteiger partial charge >= 0.3 is 5.97 Å². The molecule has 0 aromatic heterocycles. The first-order chi connectivity index (χ1) is 6.94. The third kappa shape index (κ3) is 1.74. The minimum Gasteiger partial charge on any atom is -0.459 e. The van der Waals surface area contributed by atoms with Crippen molar-refractivity contribution < 1.29 is 14.3 Å². The molecule has 0 saturated carbocycles. The Labute approximate surface area is 89.6 Å². The van der Waals surface area contributed by atoms with Crippen molar-refractivity contribution in [3.63, 3.8) is 0 Å². The van der Waals surface area contributed by atoms with E-state index in [1.54, 1.807) is 0 Å². The van der Waals surface area contributed by atoms with Crippen LogP contribution < -0.4 is 5.32 Å². The highest BCUT2D eigenvalue weighted by molar-refractivity contribution is 5.83. The molecule has 2 rings (SSSR count). The highest BCUT2D eigenvalue weighted by Crippen LogP contribution is 2.38. The zero-order chi connectivity index (χ0) is 11.1. The fraction of sp³-hybridized carbons (Fsp3) is 0.727. The lowest BCUT2D eigenvalue weighted by atomic mass is 9.85. The topological polar surface area (TPSA) is 47.6 Å². The third-order valence-corrected chi connectivity index (χ3v) is 2.69. The zero-order valence-electron chi connectivity index (χ0n) is 9.42. The number of carbonyl (C=O) groups is 1. The lowest BCUT2D eigenvalue weighted by Gasteiger charge is -2.28. The Kier molecular flexibility index (Phi) is 2.26. The van der Waals surface area contributed by atoms with Crippen LogP contribution in [0.25, 0.3) is 0 Å². The maximum absolute atomic E-state index is 12.1. The van der Waals surface area contributed by atoms with Gasteiger partial charge in [-0.25, -0.2) is 0 Å². The summed E-state index contributed by atoms with van der Waals surface area (Å²) in [6, 6.07) is 0. The van der Waals surface area contributed by atoms with E-state index in [0.29, 0.717) is 19.8 Å². The van der Waals surface area contributed by atoms with E-state index in [9.17, 15) is 4.79 Å². The number of hydrogen-bond donors (Lipinski definition) is 1. The van der Waals surface area contributed by atoms with Gasteiger partial charge in [0, 0.05) is 6.54 Å². The van der Waals surface area contributed by atoms with Crippen LogP contribution in [-0.4, -0.2) is 31.3 Å². The first-order valence-electron chi connectivity index (χ1n) is 5.18. The number of fused-ring (bicyclic) bond motifs is 1. The maximum Gasteiger partial charge on any atom is 0.321 e. The first kappa shape index (κ1) is 10.5. The number of carbonyl (C=O) groups excluding carboxylic acids is 1. The van der Waals surface area contributed by atoms with E-state index in [-0.39, 0.29) is 5.97 Å². The Morgan fingerprint density at radius 3 is 3.00 bits per heavy atom. The molecule has 1 atom stereocenters. The Balaban J connectivity index is 2.16. The van der Waals surface area contributed by atoms with Crippen molar-refractivity contribution in [3.05, 3.63) is 11.8 Å². The Morgan fingerprint density at radius 2 is 2.33 bits per heavy atom. The number of esters is 1.